The summed E-state index contributed by atoms with van der Waals surface area (Å²) in [5.41, 5.74) is 1.36. The van der Waals surface area contributed by atoms with Crippen LogP contribution in [0.5, 0.6) is 0 Å². The third kappa shape index (κ3) is 2.45. The molecule has 3 heterocycles. The Labute approximate surface area is 120 Å². The number of anilines is 1. The van der Waals surface area contributed by atoms with E-state index >= 15 is 0 Å². The second-order valence-corrected chi connectivity index (χ2v) is 5.16. The molecular formula is C12H12Cl2N4O. The molecular weight excluding hydrogens is 287 g/mol. The Hall–Kier alpha value is -1.17. The van der Waals surface area contributed by atoms with Crippen LogP contribution in [0.4, 0.5) is 5.82 Å². The van der Waals surface area contributed by atoms with Crippen molar-refractivity contribution in [1.29, 1.82) is 0 Å². The lowest BCUT2D eigenvalue weighted by molar-refractivity contribution is 0.0986. The van der Waals surface area contributed by atoms with E-state index in [2.05, 4.69) is 26.8 Å². The number of halogens is 2. The fourth-order valence-electron chi connectivity index (χ4n) is 2.19. The molecule has 100 valence electrons. The minimum Gasteiger partial charge on any atom is -0.377 e. The van der Waals surface area contributed by atoms with Gasteiger partial charge in [0.2, 0.25) is 5.28 Å². The van der Waals surface area contributed by atoms with E-state index in [1.165, 1.54) is 0 Å². The van der Waals surface area contributed by atoms with Gasteiger partial charge < -0.3 is 9.64 Å². The van der Waals surface area contributed by atoms with Gasteiger partial charge in [-0.1, -0.05) is 11.6 Å². The average Bonchev–Trinajstić information content (AvgIpc) is 2.39. The first-order valence-corrected chi connectivity index (χ1v) is 6.75. The summed E-state index contributed by atoms with van der Waals surface area (Å²) < 4.78 is 5.43. The Kier molecular flexibility index (Phi) is 3.43. The summed E-state index contributed by atoms with van der Waals surface area (Å²) in [6, 6.07) is 3.70. The lowest BCUT2D eigenvalue weighted by atomic mass is 10.2. The molecule has 1 aliphatic heterocycles. The fraction of sp³-hybridized carbons (Fsp3) is 0.417. The maximum absolute atomic E-state index is 5.99. The zero-order valence-corrected chi connectivity index (χ0v) is 11.8. The molecule has 0 aromatic carbocycles. The number of morpholine rings is 1. The summed E-state index contributed by atoms with van der Waals surface area (Å²) in [4.78, 5) is 14.9. The van der Waals surface area contributed by atoms with Crippen LogP contribution in [0.3, 0.4) is 0 Å². The Morgan fingerprint density at radius 2 is 2.11 bits per heavy atom. The maximum atomic E-state index is 5.99. The van der Waals surface area contributed by atoms with Crippen molar-refractivity contribution in [2.24, 2.45) is 0 Å². The molecule has 1 saturated heterocycles. The van der Waals surface area contributed by atoms with Crippen molar-refractivity contribution in [3.8, 4) is 0 Å². The van der Waals surface area contributed by atoms with Crippen LogP contribution in [-0.4, -0.2) is 40.8 Å². The van der Waals surface area contributed by atoms with Crippen molar-refractivity contribution < 1.29 is 4.74 Å². The van der Waals surface area contributed by atoms with E-state index in [0.29, 0.717) is 35.2 Å². The monoisotopic (exact) mass is 298 g/mol. The summed E-state index contributed by atoms with van der Waals surface area (Å²) in [5, 5.41) is 0.630. The van der Waals surface area contributed by atoms with Crippen molar-refractivity contribution in [3.63, 3.8) is 0 Å². The largest absolute Gasteiger partial charge is 0.377 e. The Balaban J connectivity index is 2.18. The zero-order chi connectivity index (χ0) is 13.4. The SMILES string of the molecule is CC1COCCN1c1nc(Cl)nc2ccc(Cl)nc12. The van der Waals surface area contributed by atoms with E-state index < -0.39 is 0 Å². The molecule has 0 N–H and O–H groups in total. The van der Waals surface area contributed by atoms with Crippen molar-refractivity contribution in [1.82, 2.24) is 15.0 Å². The molecule has 1 atom stereocenters. The number of aromatic nitrogens is 3. The van der Waals surface area contributed by atoms with Crippen LogP contribution in [0.2, 0.25) is 10.4 Å². The number of nitrogens with zero attached hydrogens (tertiary/aromatic N) is 4. The molecule has 5 nitrogen and oxygen atoms in total. The first-order chi connectivity index (χ1) is 9.15. The number of hydrogen-bond donors (Lipinski definition) is 0. The Bertz CT molecular complexity index is 622. The van der Waals surface area contributed by atoms with E-state index in [1.807, 2.05) is 0 Å². The highest BCUT2D eigenvalue weighted by atomic mass is 35.5. The minimum absolute atomic E-state index is 0.212. The van der Waals surface area contributed by atoms with Crippen LogP contribution in [0, 0.1) is 0 Å². The van der Waals surface area contributed by atoms with Crippen LogP contribution in [0.25, 0.3) is 11.0 Å². The van der Waals surface area contributed by atoms with Gasteiger partial charge in [-0.25, -0.2) is 9.97 Å². The van der Waals surface area contributed by atoms with Gasteiger partial charge in [0.15, 0.2) is 5.82 Å². The van der Waals surface area contributed by atoms with Gasteiger partial charge >= 0.3 is 0 Å². The summed E-state index contributed by atoms with van der Waals surface area (Å²) >= 11 is 12.0. The van der Waals surface area contributed by atoms with Gasteiger partial charge in [0.25, 0.3) is 0 Å². The van der Waals surface area contributed by atoms with Crippen molar-refractivity contribution in [2.75, 3.05) is 24.7 Å². The second-order valence-electron chi connectivity index (χ2n) is 4.44. The molecule has 0 saturated carbocycles. The lowest BCUT2D eigenvalue weighted by Crippen LogP contribution is -2.44. The molecule has 1 unspecified atom stereocenters. The van der Waals surface area contributed by atoms with Crippen LogP contribution in [0.1, 0.15) is 6.92 Å². The fourth-order valence-corrected chi connectivity index (χ4v) is 2.51. The van der Waals surface area contributed by atoms with Crippen molar-refractivity contribution in [2.45, 2.75) is 13.0 Å². The number of hydrogen-bond acceptors (Lipinski definition) is 5. The highest BCUT2D eigenvalue weighted by molar-refractivity contribution is 6.30. The predicted octanol–water partition coefficient (Wildman–Crippen LogP) is 2.56. The van der Waals surface area contributed by atoms with Crippen molar-refractivity contribution in [3.05, 3.63) is 22.6 Å². The smallest absolute Gasteiger partial charge is 0.225 e. The van der Waals surface area contributed by atoms with Gasteiger partial charge in [-0.15, -0.1) is 0 Å². The van der Waals surface area contributed by atoms with Gasteiger partial charge in [0, 0.05) is 6.54 Å². The molecule has 1 fully saturated rings. The first-order valence-electron chi connectivity index (χ1n) is 5.99. The lowest BCUT2D eigenvalue weighted by Gasteiger charge is -2.34. The number of fused-ring (bicyclic) bond motifs is 1. The molecule has 2 aromatic rings. The molecule has 0 aliphatic carbocycles. The number of pyridine rings is 1. The van der Waals surface area contributed by atoms with Crippen molar-refractivity contribution >= 4 is 40.1 Å². The van der Waals surface area contributed by atoms with E-state index in [0.717, 1.165) is 6.54 Å². The molecule has 2 aromatic heterocycles. The van der Waals surface area contributed by atoms with E-state index in [9.17, 15) is 0 Å². The van der Waals surface area contributed by atoms with E-state index in [4.69, 9.17) is 27.9 Å². The number of rotatable bonds is 1. The first kappa shape index (κ1) is 12.8. The molecule has 0 radical (unpaired) electrons. The summed E-state index contributed by atoms with van der Waals surface area (Å²) in [6.07, 6.45) is 0. The second kappa shape index (κ2) is 5.07. The van der Waals surface area contributed by atoms with E-state index in [1.54, 1.807) is 12.1 Å². The molecule has 3 rings (SSSR count). The highest BCUT2D eigenvalue weighted by Crippen LogP contribution is 2.27. The maximum Gasteiger partial charge on any atom is 0.225 e. The third-order valence-corrected chi connectivity index (χ3v) is 3.48. The minimum atomic E-state index is 0.212. The van der Waals surface area contributed by atoms with Crippen LogP contribution < -0.4 is 4.90 Å². The summed E-state index contributed by atoms with van der Waals surface area (Å²) in [7, 11) is 0. The summed E-state index contributed by atoms with van der Waals surface area (Å²) in [5.74, 6) is 0.716. The van der Waals surface area contributed by atoms with Gasteiger partial charge in [0.05, 0.1) is 24.8 Å². The van der Waals surface area contributed by atoms with Gasteiger partial charge in [-0.05, 0) is 30.7 Å². The van der Waals surface area contributed by atoms with Gasteiger partial charge in [-0.3, -0.25) is 0 Å². The normalized spacial score (nSPS) is 19.9. The zero-order valence-electron chi connectivity index (χ0n) is 10.3. The summed E-state index contributed by atoms with van der Waals surface area (Å²) in [6.45, 7) is 4.14. The topological polar surface area (TPSA) is 51.1 Å². The molecule has 0 amide bonds. The van der Waals surface area contributed by atoms with Gasteiger partial charge in [-0.2, -0.15) is 4.98 Å². The standard InChI is InChI=1S/C12H12Cl2N4O/c1-7-6-19-5-4-18(7)11-10-8(15-12(14)17-11)2-3-9(13)16-10/h2-3,7H,4-6H2,1H3. The van der Waals surface area contributed by atoms with E-state index in [-0.39, 0.29) is 11.3 Å². The molecule has 19 heavy (non-hydrogen) atoms. The van der Waals surface area contributed by atoms with Crippen LogP contribution in [-0.2, 0) is 4.74 Å². The third-order valence-electron chi connectivity index (χ3n) is 3.10. The Morgan fingerprint density at radius 1 is 1.26 bits per heavy atom. The Morgan fingerprint density at radius 3 is 2.89 bits per heavy atom. The average molecular weight is 299 g/mol. The number of ether oxygens (including phenoxy) is 1. The molecule has 0 spiro atoms. The van der Waals surface area contributed by atoms with Crippen LogP contribution >= 0.6 is 23.2 Å². The molecule has 1 aliphatic rings. The van der Waals surface area contributed by atoms with Crippen LogP contribution in [0.15, 0.2) is 12.1 Å². The van der Waals surface area contributed by atoms with Gasteiger partial charge in [0.1, 0.15) is 10.7 Å². The highest BCUT2D eigenvalue weighted by Gasteiger charge is 2.23. The quantitative estimate of drug-likeness (QED) is 0.598. The molecule has 0 bridgehead atoms. The molecule has 7 heteroatoms. The predicted molar refractivity (Wildman–Crippen MR) is 75.0 cm³/mol.